The van der Waals surface area contributed by atoms with Gasteiger partial charge in [-0.15, -0.1) is 5.24 Å². The van der Waals surface area contributed by atoms with Gasteiger partial charge in [0.15, 0.2) is 1.41 Å². The second-order valence-electron chi connectivity index (χ2n) is 15.3. The molecular weight excluding hydrogens is 1580 g/mol. The third kappa shape index (κ3) is 23.8. The van der Waals surface area contributed by atoms with Crippen LogP contribution >= 0.6 is 75.7 Å². The molecule has 0 heterocycles. The first-order chi connectivity index (χ1) is 34.7. The standard InChI is InChI=1S/C18H15BO2.C18H13I.C12H8I2.C6H7BO2.C3H8NO3P.U.2V/c20-19(21)18-12-10-17(11-13-18)16-8-6-15(7-9-16)14-4-2-1-3-5-14;19-18-12-10-17(11-13-18)16-8-6-15(7-9-16)14-4-2-1-3-5-14;13-11-5-1-9(2-6-11)10-3-7-12(14)8-4-10;8-7(9)6-4-2-1-3-5-6;1-3(5)8(6)4-7-2;;;/h1-13,20-21H;1-13H;1-8H;1-5,8-9H;8H,1-2H3,(H,4,6);;;/i/hD. The SMILES string of the molecule is Ic1ccc(-c2ccc(-c3ccccc3)cc2)cc1.Ic1ccc(-c2ccc(I)cc2)cc1.OB(O)c1ccc(-c2ccc(-c3ccccc3)cc2)cc1.OB(O)c1ccccc1.[2H]N(OC)[PH](=O)C(C)=O.[U].[V].[V]. The normalized spacial score (nSPS) is 10.3. The molecule has 0 fully saturated rings. The maximum Gasteiger partial charge on any atom is 0.488 e. The minimum atomic E-state index is -2.65. The van der Waals surface area contributed by atoms with Crippen LogP contribution in [0, 0.1) is 41.8 Å². The number of carbonyl (C=O) groups excluding carboxylic acids is 1. The Morgan fingerprint density at radius 3 is 0.824 bits per heavy atom. The van der Waals surface area contributed by atoms with Gasteiger partial charge in [0.1, 0.15) is 0 Å². The molecule has 74 heavy (non-hydrogen) atoms. The Morgan fingerprint density at radius 1 is 0.419 bits per heavy atom. The van der Waals surface area contributed by atoms with Crippen LogP contribution in [-0.2, 0) is 51.3 Å². The summed E-state index contributed by atoms with van der Waals surface area (Å²) in [5, 5.41) is 35.7. The molecule has 1 unspecified atom stereocenters. The van der Waals surface area contributed by atoms with Gasteiger partial charge >= 0.3 is 14.2 Å². The third-order valence-electron chi connectivity index (χ3n) is 10.3. The molecule has 5 N–H and O–H groups in total. The van der Waals surface area contributed by atoms with Gasteiger partial charge in [0.2, 0.25) is 13.5 Å². The summed E-state index contributed by atoms with van der Waals surface area (Å²) in [7, 11) is -4.23. The number of hydrogen-bond acceptors (Lipinski definition) is 7. The van der Waals surface area contributed by atoms with Gasteiger partial charge in [-0.2, -0.15) is 0 Å². The second-order valence-corrected chi connectivity index (χ2v) is 20.6. The van der Waals surface area contributed by atoms with Crippen LogP contribution in [0.3, 0.4) is 0 Å². The van der Waals surface area contributed by atoms with Crippen molar-refractivity contribution < 1.29 is 104 Å². The average Bonchev–Trinajstić information content (AvgIpc) is 3.42. The predicted molar refractivity (Wildman–Crippen MR) is 321 cm³/mol. The quantitative estimate of drug-likeness (QED) is 0.0395. The molecule has 0 aliphatic carbocycles. The van der Waals surface area contributed by atoms with E-state index in [4.69, 9.17) is 21.5 Å². The minimum absolute atomic E-state index is 0. The number of carbonyl (C=O) groups is 1. The molecule has 9 rings (SSSR count). The van der Waals surface area contributed by atoms with Crippen molar-refractivity contribution in [3.05, 3.63) is 247 Å². The summed E-state index contributed by atoms with van der Waals surface area (Å²) < 4.78 is 21.0. The number of rotatable bonds is 10. The molecule has 9 aromatic carbocycles. The van der Waals surface area contributed by atoms with Gasteiger partial charge in [0.05, 0.1) is 7.11 Å². The van der Waals surface area contributed by atoms with Crippen molar-refractivity contribution in [3.8, 4) is 55.6 Å². The van der Waals surface area contributed by atoms with E-state index in [9.17, 15) is 9.36 Å². The molecule has 8 nitrogen and oxygen atoms in total. The molecule has 9 aromatic rings. The zero-order chi connectivity index (χ0) is 51.8. The Balaban J connectivity index is 0.000000330. The fraction of sp³-hybridized carbons (Fsp3) is 0.0351. The van der Waals surface area contributed by atoms with Gasteiger partial charge < -0.3 is 20.1 Å². The molecule has 0 spiro atoms. The minimum Gasteiger partial charge on any atom is -0.423 e. The Labute approximate surface area is 526 Å². The van der Waals surface area contributed by atoms with E-state index in [2.05, 4.69) is 230 Å². The Bertz CT molecular complexity index is 2980. The summed E-state index contributed by atoms with van der Waals surface area (Å²) in [6, 6.07) is 79.5. The topological polar surface area (TPSA) is 136 Å². The molecule has 2 radical (unpaired) electrons. The molecule has 0 bridgehead atoms. The zero-order valence-corrected chi connectivity index (χ0v) is 54.6. The monoisotopic (exact) mass is 1640 g/mol. The molecule has 0 saturated carbocycles. The summed E-state index contributed by atoms with van der Waals surface area (Å²) in [5.74, 6) is 0. The molecule has 0 saturated heterocycles. The zero-order valence-electron chi connectivity index (χ0n) is 41.2. The van der Waals surface area contributed by atoms with Crippen molar-refractivity contribution >= 4 is 106 Å². The summed E-state index contributed by atoms with van der Waals surface area (Å²) in [5.41, 5.74) is 12.6. The van der Waals surface area contributed by atoms with Crippen molar-refractivity contribution in [1.29, 1.82) is 0 Å². The van der Waals surface area contributed by atoms with Crippen molar-refractivity contribution in [3.63, 3.8) is 0 Å². The van der Waals surface area contributed by atoms with E-state index < -0.39 is 27.7 Å². The fourth-order valence-corrected chi connectivity index (χ4v) is 7.89. The van der Waals surface area contributed by atoms with Crippen molar-refractivity contribution in [2.24, 2.45) is 0 Å². The van der Waals surface area contributed by atoms with E-state index in [1.54, 1.807) is 36.4 Å². The molecule has 17 heteroatoms. The van der Waals surface area contributed by atoms with Gasteiger partial charge in [-0.3, -0.25) is 14.2 Å². The van der Waals surface area contributed by atoms with E-state index in [-0.39, 0.29) is 68.2 Å². The van der Waals surface area contributed by atoms with Crippen molar-refractivity contribution in [2.45, 2.75) is 6.92 Å². The van der Waals surface area contributed by atoms with E-state index >= 15 is 0 Å². The van der Waals surface area contributed by atoms with Gasteiger partial charge in [-0.05, 0) is 171 Å². The van der Waals surface area contributed by atoms with Gasteiger partial charge in [-0.25, -0.2) is 0 Å². The van der Waals surface area contributed by atoms with Crippen LogP contribution in [0.2, 0.25) is 1.41 Å². The molecule has 0 aliphatic heterocycles. The molecule has 0 amide bonds. The summed E-state index contributed by atoms with van der Waals surface area (Å²) in [4.78, 5) is 14.4. The van der Waals surface area contributed by atoms with Crippen LogP contribution in [0.5, 0.6) is 0 Å². The van der Waals surface area contributed by atoms with Crippen molar-refractivity contribution in [1.82, 2.24) is 5.24 Å². The maximum atomic E-state index is 10.5. The van der Waals surface area contributed by atoms with Crippen LogP contribution in [0.1, 0.15) is 6.92 Å². The number of hydrogen-bond donors (Lipinski definition) is 5. The predicted octanol–water partition coefficient (Wildman–Crippen LogP) is 12.4. The van der Waals surface area contributed by atoms with Crippen LogP contribution in [0.25, 0.3) is 55.6 Å². The molecule has 372 valence electrons. The Kier molecular flexibility index (Phi) is 32.8. The van der Waals surface area contributed by atoms with Crippen LogP contribution in [0.4, 0.5) is 0 Å². The van der Waals surface area contributed by atoms with Gasteiger partial charge in [-0.1, -0.05) is 200 Å². The third-order valence-corrected chi connectivity index (χ3v) is 13.4. The van der Waals surface area contributed by atoms with E-state index in [0.29, 0.717) is 16.2 Å². The first-order valence-electron chi connectivity index (χ1n) is 22.5. The van der Waals surface area contributed by atoms with E-state index in [0.717, 1.165) is 18.1 Å². The first kappa shape index (κ1) is 65.5. The first-order valence-corrected chi connectivity index (χ1v) is 26.7. The Morgan fingerprint density at radius 2 is 0.622 bits per heavy atom. The largest absolute Gasteiger partial charge is 0.488 e. The number of benzene rings is 9. The summed E-state index contributed by atoms with van der Waals surface area (Å²) in [6.45, 7) is 1.15. The van der Waals surface area contributed by atoms with Crippen molar-refractivity contribution in [2.75, 3.05) is 7.11 Å². The van der Waals surface area contributed by atoms with Crippen LogP contribution in [-0.4, -0.2) is 47.0 Å². The van der Waals surface area contributed by atoms with Crippen LogP contribution < -0.4 is 16.2 Å². The van der Waals surface area contributed by atoms with Gasteiger partial charge in [0.25, 0.3) is 0 Å². The fourth-order valence-electron chi connectivity index (χ4n) is 6.52. The molecule has 0 aromatic heterocycles. The molecule has 0 aliphatic rings. The second kappa shape index (κ2) is 37.1. The number of halogens is 3. The summed E-state index contributed by atoms with van der Waals surface area (Å²) in [6.07, 6.45) is 0. The molecular formula is C57H51B2I3NO7PUV2. The van der Waals surface area contributed by atoms with E-state index in [1.807, 2.05) is 42.5 Å². The van der Waals surface area contributed by atoms with E-state index in [1.165, 1.54) is 62.3 Å². The van der Waals surface area contributed by atoms with Crippen LogP contribution in [0.15, 0.2) is 237 Å². The Hall–Kier alpha value is -2.82. The molecule has 1 atom stereocenters. The number of nitrogens with one attached hydrogen (secondary N) is 1. The maximum absolute atomic E-state index is 10.5. The van der Waals surface area contributed by atoms with Gasteiger partial charge in [0, 0.05) is 85.9 Å². The average molecular weight is 1640 g/mol. The summed E-state index contributed by atoms with van der Waals surface area (Å²) >= 11 is 6.97. The smallest absolute Gasteiger partial charge is 0.423 e.